The summed E-state index contributed by atoms with van der Waals surface area (Å²) in [6.45, 7) is 0. The molecule has 1 N–H and O–H groups in total. The molecular formula is C23H15BrN4O4S2. The third-order valence-electron chi connectivity index (χ3n) is 4.78. The van der Waals surface area contributed by atoms with Crippen LogP contribution in [0.5, 0.6) is 0 Å². The molecule has 11 heteroatoms. The summed E-state index contributed by atoms with van der Waals surface area (Å²) in [6, 6.07) is 20.5. The van der Waals surface area contributed by atoms with Crippen molar-refractivity contribution < 1.29 is 14.5 Å². The van der Waals surface area contributed by atoms with Crippen molar-refractivity contribution in [1.82, 2.24) is 5.32 Å². The Balaban J connectivity index is 1.46. The van der Waals surface area contributed by atoms with Crippen LogP contribution in [0, 0.1) is 16.0 Å². The molecule has 1 atom stereocenters. The molecule has 1 heterocycles. The smallest absolute Gasteiger partial charge is 0.269 e. The average molecular weight is 555 g/mol. The zero-order valence-electron chi connectivity index (χ0n) is 17.3. The number of nitro groups is 1. The first-order valence-corrected chi connectivity index (χ1v) is 11.8. The molecule has 0 aliphatic carbocycles. The van der Waals surface area contributed by atoms with Crippen LogP contribution in [-0.4, -0.2) is 28.1 Å². The molecule has 1 aliphatic rings. The molecule has 0 saturated carbocycles. The molecule has 1 aliphatic heterocycles. The Bertz CT molecular complexity index is 1300. The first-order valence-electron chi connectivity index (χ1n) is 9.83. The van der Waals surface area contributed by atoms with Gasteiger partial charge >= 0.3 is 0 Å². The summed E-state index contributed by atoms with van der Waals surface area (Å²) < 4.78 is 0.851. The predicted molar refractivity (Wildman–Crippen MR) is 138 cm³/mol. The maximum Gasteiger partial charge on any atom is 0.269 e. The molecule has 3 aromatic rings. The van der Waals surface area contributed by atoms with Gasteiger partial charge in [-0.3, -0.25) is 29.6 Å². The van der Waals surface area contributed by atoms with Gasteiger partial charge in [0.2, 0.25) is 5.91 Å². The lowest BCUT2D eigenvalue weighted by Crippen LogP contribution is -2.58. The van der Waals surface area contributed by atoms with E-state index in [9.17, 15) is 19.7 Å². The zero-order valence-corrected chi connectivity index (χ0v) is 20.5. The molecule has 0 unspecified atom stereocenters. The molecule has 34 heavy (non-hydrogen) atoms. The van der Waals surface area contributed by atoms with E-state index in [-0.39, 0.29) is 10.8 Å². The van der Waals surface area contributed by atoms with E-state index in [0.29, 0.717) is 11.4 Å². The average Bonchev–Trinajstić information content (AvgIpc) is 2.81. The maximum absolute atomic E-state index is 13.0. The van der Waals surface area contributed by atoms with E-state index in [0.717, 1.165) is 14.3 Å². The highest BCUT2D eigenvalue weighted by Gasteiger charge is 2.38. The number of aliphatic imine (C=N–C) groups is 1. The van der Waals surface area contributed by atoms with Gasteiger partial charge in [-0.1, -0.05) is 27.7 Å². The molecule has 0 bridgehead atoms. The summed E-state index contributed by atoms with van der Waals surface area (Å²) in [5.74, 6) is -2.13. The number of benzene rings is 3. The SMILES string of the molecule is O=C1NC(=S)N(c2ccc(Br)cc2)C(=O)[C@@H]1C=Nc1ccc(Sc2ccc([N+](=O)[O-])cc2)cc1. The van der Waals surface area contributed by atoms with Gasteiger partial charge < -0.3 is 5.32 Å². The summed E-state index contributed by atoms with van der Waals surface area (Å²) in [4.78, 5) is 43.1. The second-order valence-corrected chi connectivity index (χ2v) is 9.50. The molecule has 4 rings (SSSR count). The normalized spacial score (nSPS) is 16.1. The number of halogens is 1. The Labute approximate surface area is 212 Å². The molecule has 2 amide bonds. The minimum atomic E-state index is -1.12. The van der Waals surface area contributed by atoms with Gasteiger partial charge in [-0.15, -0.1) is 0 Å². The van der Waals surface area contributed by atoms with Crippen molar-refractivity contribution in [3.05, 3.63) is 87.4 Å². The predicted octanol–water partition coefficient (Wildman–Crippen LogP) is 5.27. The molecular weight excluding hydrogens is 540 g/mol. The number of non-ortho nitro benzene ring substituents is 1. The number of hydrogen-bond donors (Lipinski definition) is 1. The lowest BCUT2D eigenvalue weighted by molar-refractivity contribution is -0.384. The molecule has 0 aromatic heterocycles. The number of nitro benzene ring substituents is 1. The third-order valence-corrected chi connectivity index (χ3v) is 6.61. The van der Waals surface area contributed by atoms with Gasteiger partial charge in [-0.25, -0.2) is 0 Å². The number of thiocarbonyl (C=S) groups is 1. The highest BCUT2D eigenvalue weighted by Crippen LogP contribution is 2.30. The molecule has 0 radical (unpaired) electrons. The van der Waals surface area contributed by atoms with Crippen molar-refractivity contribution in [3.63, 3.8) is 0 Å². The van der Waals surface area contributed by atoms with Gasteiger partial charge in [0, 0.05) is 32.6 Å². The van der Waals surface area contributed by atoms with Crippen LogP contribution in [-0.2, 0) is 9.59 Å². The van der Waals surface area contributed by atoms with Gasteiger partial charge in [-0.05, 0) is 72.9 Å². The zero-order chi connectivity index (χ0) is 24.2. The van der Waals surface area contributed by atoms with Crippen molar-refractivity contribution >= 4 is 80.1 Å². The summed E-state index contributed by atoms with van der Waals surface area (Å²) >= 11 is 9.99. The van der Waals surface area contributed by atoms with Crippen molar-refractivity contribution in [2.75, 3.05) is 4.90 Å². The molecule has 8 nitrogen and oxygen atoms in total. The van der Waals surface area contributed by atoms with E-state index in [1.54, 1.807) is 48.5 Å². The van der Waals surface area contributed by atoms with Crippen molar-refractivity contribution in [1.29, 1.82) is 0 Å². The summed E-state index contributed by atoms with van der Waals surface area (Å²) in [6.07, 6.45) is 1.31. The van der Waals surface area contributed by atoms with Crippen LogP contribution in [0.1, 0.15) is 0 Å². The largest absolute Gasteiger partial charge is 0.301 e. The Morgan fingerprint density at radius 2 is 1.59 bits per heavy atom. The van der Waals surface area contributed by atoms with E-state index in [1.165, 1.54) is 35.0 Å². The van der Waals surface area contributed by atoms with Gasteiger partial charge in [-0.2, -0.15) is 0 Å². The van der Waals surface area contributed by atoms with Gasteiger partial charge in [0.15, 0.2) is 11.0 Å². The quantitative estimate of drug-likeness (QED) is 0.146. The first-order chi connectivity index (χ1) is 16.3. The highest BCUT2D eigenvalue weighted by molar-refractivity contribution is 9.10. The number of carbonyl (C=O) groups excluding carboxylic acids is 2. The highest BCUT2D eigenvalue weighted by atomic mass is 79.9. The molecule has 1 fully saturated rings. The van der Waals surface area contributed by atoms with Crippen molar-refractivity contribution in [3.8, 4) is 0 Å². The molecule has 170 valence electrons. The standard InChI is InChI=1S/C23H15BrN4O4S2/c24-14-1-5-16(6-2-14)27-22(30)20(21(29)26-23(27)33)13-25-15-3-9-18(10-4-15)34-19-11-7-17(8-12-19)28(31)32/h1-13,20H,(H,26,29,33)/t20-/m1/s1. The van der Waals surface area contributed by atoms with Crippen LogP contribution in [0.25, 0.3) is 0 Å². The van der Waals surface area contributed by atoms with E-state index in [1.807, 2.05) is 12.1 Å². The van der Waals surface area contributed by atoms with E-state index >= 15 is 0 Å². The van der Waals surface area contributed by atoms with Crippen molar-refractivity contribution in [2.24, 2.45) is 10.9 Å². The fraction of sp³-hybridized carbons (Fsp3) is 0.0435. The topological polar surface area (TPSA) is 105 Å². The number of nitrogens with zero attached hydrogens (tertiary/aromatic N) is 3. The van der Waals surface area contributed by atoms with Crippen molar-refractivity contribution in [2.45, 2.75) is 9.79 Å². The minimum absolute atomic E-state index is 0.0228. The Hall–Kier alpha value is -3.41. The second kappa shape index (κ2) is 10.2. The van der Waals surface area contributed by atoms with E-state index in [4.69, 9.17) is 12.2 Å². The second-order valence-electron chi connectivity index (χ2n) is 7.05. The van der Waals surface area contributed by atoms with E-state index < -0.39 is 22.7 Å². The lowest BCUT2D eigenvalue weighted by Gasteiger charge is -2.30. The van der Waals surface area contributed by atoms with Crippen LogP contribution in [0.15, 0.2) is 92.1 Å². The van der Waals surface area contributed by atoms with Crippen LogP contribution < -0.4 is 10.2 Å². The first kappa shape index (κ1) is 23.7. The summed E-state index contributed by atoms with van der Waals surface area (Å²) in [7, 11) is 0. The number of carbonyl (C=O) groups is 2. The molecule has 1 saturated heterocycles. The Morgan fingerprint density at radius 3 is 2.18 bits per heavy atom. The van der Waals surface area contributed by atoms with Gasteiger partial charge in [0.05, 0.1) is 16.3 Å². The van der Waals surface area contributed by atoms with E-state index in [2.05, 4.69) is 26.2 Å². The number of amides is 2. The number of hydrogen-bond acceptors (Lipinski definition) is 7. The third kappa shape index (κ3) is 5.38. The number of rotatable bonds is 6. The van der Waals surface area contributed by atoms with Gasteiger partial charge in [0.25, 0.3) is 11.6 Å². The molecule has 3 aromatic carbocycles. The van der Waals surface area contributed by atoms with Gasteiger partial charge in [0.1, 0.15) is 0 Å². The van der Waals surface area contributed by atoms with Crippen LogP contribution >= 0.6 is 39.9 Å². The monoisotopic (exact) mass is 554 g/mol. The summed E-state index contributed by atoms with van der Waals surface area (Å²) in [5.41, 5.74) is 1.15. The Morgan fingerprint density at radius 1 is 1.00 bits per heavy atom. The van der Waals surface area contributed by atoms with Crippen LogP contribution in [0.3, 0.4) is 0 Å². The fourth-order valence-electron chi connectivity index (χ4n) is 3.09. The van der Waals surface area contributed by atoms with Crippen LogP contribution in [0.4, 0.5) is 17.1 Å². The fourth-order valence-corrected chi connectivity index (χ4v) is 4.47. The Kier molecular flexibility index (Phi) is 7.15. The maximum atomic E-state index is 13.0. The number of nitrogens with one attached hydrogen (secondary N) is 1. The molecule has 0 spiro atoms. The summed E-state index contributed by atoms with van der Waals surface area (Å²) in [5, 5.41) is 13.4. The lowest BCUT2D eigenvalue weighted by atomic mass is 10.1. The van der Waals surface area contributed by atoms with Crippen LogP contribution in [0.2, 0.25) is 0 Å². The minimum Gasteiger partial charge on any atom is -0.301 e. The number of anilines is 1.